The van der Waals surface area contributed by atoms with Crippen LogP contribution >= 0.6 is 24.0 Å². The van der Waals surface area contributed by atoms with Crippen molar-refractivity contribution >= 4 is 52.2 Å². The normalized spacial score (nSPS) is 15.3. The topological polar surface area (TPSA) is 98.8 Å². The fourth-order valence-corrected chi connectivity index (χ4v) is 3.62. The number of methoxy groups -OCH3 is 1. The van der Waals surface area contributed by atoms with Crippen LogP contribution in [0.15, 0.2) is 29.2 Å². The van der Waals surface area contributed by atoms with Gasteiger partial charge in [-0.25, -0.2) is 0 Å². The van der Waals surface area contributed by atoms with E-state index in [4.69, 9.17) is 17.0 Å². The van der Waals surface area contributed by atoms with Gasteiger partial charge in [-0.3, -0.25) is 14.5 Å². The lowest BCUT2D eigenvalue weighted by Crippen LogP contribution is -2.34. The van der Waals surface area contributed by atoms with Gasteiger partial charge in [-0.15, -0.1) is 0 Å². The Balaban J connectivity index is 1.86. The molecular formula is C18H19N2O5S2-. The Bertz CT molecular complexity index is 762. The minimum atomic E-state index is -1.15. The van der Waals surface area contributed by atoms with Gasteiger partial charge in [0.15, 0.2) is 0 Å². The Labute approximate surface area is 166 Å². The summed E-state index contributed by atoms with van der Waals surface area (Å²) >= 11 is 6.44. The standard InChI is InChI=1S/C18H20N2O5S2/c1-25-13-6-4-12(5-7-13)11-14-17(24)20(18(26)27-14)10-8-15(21)19-9-2-3-16(22)23/h4-7,11H,2-3,8-10H2,1H3,(H,19,21)(H,22,23)/p-1/b14-11+. The third-order valence-electron chi connectivity index (χ3n) is 3.73. The van der Waals surface area contributed by atoms with Crippen molar-refractivity contribution in [3.63, 3.8) is 0 Å². The molecule has 0 unspecified atom stereocenters. The average molecular weight is 407 g/mol. The van der Waals surface area contributed by atoms with Gasteiger partial charge in [0.1, 0.15) is 10.1 Å². The van der Waals surface area contributed by atoms with Crippen LogP contribution in [0.3, 0.4) is 0 Å². The number of hydrogen-bond donors (Lipinski definition) is 1. The van der Waals surface area contributed by atoms with E-state index in [0.717, 1.165) is 11.3 Å². The summed E-state index contributed by atoms with van der Waals surface area (Å²) in [5, 5.41) is 12.9. The summed E-state index contributed by atoms with van der Waals surface area (Å²) in [4.78, 5) is 36.5. The number of thioether (sulfide) groups is 1. The maximum Gasteiger partial charge on any atom is 0.266 e. The molecule has 0 spiro atoms. The molecule has 1 saturated heterocycles. The lowest BCUT2D eigenvalue weighted by Gasteiger charge is -2.14. The van der Waals surface area contributed by atoms with Crippen molar-refractivity contribution in [1.82, 2.24) is 10.2 Å². The minimum absolute atomic E-state index is 0.0909. The van der Waals surface area contributed by atoms with E-state index < -0.39 is 5.97 Å². The molecule has 1 heterocycles. The third-order valence-corrected chi connectivity index (χ3v) is 5.11. The second-order valence-electron chi connectivity index (χ2n) is 5.68. The van der Waals surface area contributed by atoms with Crippen LogP contribution in [0.4, 0.5) is 0 Å². The fraction of sp³-hybridized carbons (Fsp3) is 0.333. The zero-order valence-electron chi connectivity index (χ0n) is 14.7. The van der Waals surface area contributed by atoms with Crippen LogP contribution in [0.25, 0.3) is 6.08 Å². The highest BCUT2D eigenvalue weighted by atomic mass is 32.2. The van der Waals surface area contributed by atoms with Gasteiger partial charge in [0.25, 0.3) is 5.91 Å². The first-order valence-corrected chi connectivity index (χ1v) is 9.49. The van der Waals surface area contributed by atoms with E-state index in [1.165, 1.54) is 16.7 Å². The molecule has 1 aromatic rings. The second-order valence-corrected chi connectivity index (χ2v) is 7.36. The summed E-state index contributed by atoms with van der Waals surface area (Å²) < 4.78 is 5.51. The van der Waals surface area contributed by atoms with E-state index in [2.05, 4.69) is 5.32 Å². The van der Waals surface area contributed by atoms with E-state index in [-0.39, 0.29) is 37.7 Å². The number of benzene rings is 1. The molecular weight excluding hydrogens is 388 g/mol. The molecule has 144 valence electrons. The summed E-state index contributed by atoms with van der Waals surface area (Å²) in [6.07, 6.45) is 2.04. The van der Waals surface area contributed by atoms with Crippen molar-refractivity contribution in [2.24, 2.45) is 0 Å². The molecule has 1 fully saturated rings. The van der Waals surface area contributed by atoms with Crippen LogP contribution in [0, 0.1) is 0 Å². The molecule has 2 rings (SSSR count). The minimum Gasteiger partial charge on any atom is -0.550 e. The third kappa shape index (κ3) is 6.37. The summed E-state index contributed by atoms with van der Waals surface area (Å²) in [7, 11) is 1.58. The van der Waals surface area contributed by atoms with Gasteiger partial charge in [0, 0.05) is 25.5 Å². The van der Waals surface area contributed by atoms with Crippen LogP contribution < -0.4 is 15.2 Å². The van der Waals surface area contributed by atoms with Crippen molar-refractivity contribution in [1.29, 1.82) is 0 Å². The van der Waals surface area contributed by atoms with Gasteiger partial charge < -0.3 is 20.0 Å². The number of carboxylic acids is 1. The summed E-state index contributed by atoms with van der Waals surface area (Å²) in [6, 6.07) is 7.28. The van der Waals surface area contributed by atoms with Crippen molar-refractivity contribution in [3.05, 3.63) is 34.7 Å². The lowest BCUT2D eigenvalue weighted by molar-refractivity contribution is -0.305. The van der Waals surface area contributed by atoms with Crippen LogP contribution in [0.2, 0.25) is 0 Å². The second kappa shape index (κ2) is 10.1. The van der Waals surface area contributed by atoms with Gasteiger partial charge in [0.2, 0.25) is 5.91 Å². The van der Waals surface area contributed by atoms with E-state index in [9.17, 15) is 19.5 Å². The van der Waals surface area contributed by atoms with Crippen molar-refractivity contribution in [3.8, 4) is 5.75 Å². The quantitative estimate of drug-likeness (QED) is 0.369. The highest BCUT2D eigenvalue weighted by Crippen LogP contribution is 2.32. The summed E-state index contributed by atoms with van der Waals surface area (Å²) in [5.41, 5.74) is 0.849. The van der Waals surface area contributed by atoms with Crippen LogP contribution in [-0.4, -0.2) is 47.2 Å². The lowest BCUT2D eigenvalue weighted by atomic mass is 10.2. The Morgan fingerprint density at radius 2 is 2.00 bits per heavy atom. The predicted octanol–water partition coefficient (Wildman–Crippen LogP) is 0.933. The van der Waals surface area contributed by atoms with E-state index in [1.54, 1.807) is 25.3 Å². The van der Waals surface area contributed by atoms with Crippen molar-refractivity contribution in [2.45, 2.75) is 19.3 Å². The molecule has 7 nitrogen and oxygen atoms in total. The van der Waals surface area contributed by atoms with E-state index in [1.807, 2.05) is 12.1 Å². The SMILES string of the molecule is COc1ccc(/C=C2/SC(=S)N(CCC(=O)NCCCC(=O)[O-])C2=O)cc1. The molecule has 9 heteroatoms. The number of carbonyl (C=O) groups excluding carboxylic acids is 3. The maximum atomic E-state index is 12.5. The zero-order chi connectivity index (χ0) is 19.8. The molecule has 0 aromatic heterocycles. The molecule has 1 aromatic carbocycles. The number of hydrogen-bond acceptors (Lipinski definition) is 7. The van der Waals surface area contributed by atoms with Crippen molar-refractivity contribution in [2.75, 3.05) is 20.2 Å². The van der Waals surface area contributed by atoms with Crippen LogP contribution in [0.1, 0.15) is 24.8 Å². The molecule has 2 amide bonds. The summed E-state index contributed by atoms with van der Waals surface area (Å²) in [6.45, 7) is 0.430. The maximum absolute atomic E-state index is 12.5. The number of nitrogens with zero attached hydrogens (tertiary/aromatic N) is 1. The fourth-order valence-electron chi connectivity index (χ4n) is 2.31. The molecule has 0 aliphatic carbocycles. The number of rotatable bonds is 9. The highest BCUT2D eigenvalue weighted by Gasteiger charge is 2.31. The zero-order valence-corrected chi connectivity index (χ0v) is 16.4. The number of thiocarbonyl (C=S) groups is 1. The molecule has 0 radical (unpaired) electrons. The largest absolute Gasteiger partial charge is 0.550 e. The molecule has 1 aliphatic heterocycles. The van der Waals surface area contributed by atoms with Gasteiger partial charge in [-0.2, -0.15) is 0 Å². The van der Waals surface area contributed by atoms with Gasteiger partial charge in [0.05, 0.1) is 12.0 Å². The Morgan fingerprint density at radius 1 is 1.30 bits per heavy atom. The van der Waals surface area contributed by atoms with Crippen LogP contribution in [-0.2, 0) is 14.4 Å². The molecule has 0 bridgehead atoms. The van der Waals surface area contributed by atoms with Crippen LogP contribution in [0.5, 0.6) is 5.75 Å². The number of ether oxygens (including phenoxy) is 1. The molecule has 0 saturated carbocycles. The first-order valence-electron chi connectivity index (χ1n) is 8.26. The number of carboxylic acid groups (broad SMARTS) is 1. The van der Waals surface area contributed by atoms with E-state index in [0.29, 0.717) is 15.6 Å². The highest BCUT2D eigenvalue weighted by molar-refractivity contribution is 8.26. The monoisotopic (exact) mass is 407 g/mol. The Morgan fingerprint density at radius 3 is 2.63 bits per heavy atom. The van der Waals surface area contributed by atoms with E-state index >= 15 is 0 Å². The smallest absolute Gasteiger partial charge is 0.266 e. The van der Waals surface area contributed by atoms with Gasteiger partial charge in [-0.1, -0.05) is 36.1 Å². The predicted molar refractivity (Wildman–Crippen MR) is 105 cm³/mol. The Kier molecular flexibility index (Phi) is 7.81. The molecule has 27 heavy (non-hydrogen) atoms. The van der Waals surface area contributed by atoms with Gasteiger partial charge in [-0.05, 0) is 36.6 Å². The first kappa shape index (κ1) is 20.9. The average Bonchev–Trinajstić information content (AvgIpc) is 2.90. The van der Waals surface area contributed by atoms with Crippen molar-refractivity contribution < 1.29 is 24.2 Å². The number of nitrogens with one attached hydrogen (secondary N) is 1. The van der Waals surface area contributed by atoms with Gasteiger partial charge >= 0.3 is 0 Å². The molecule has 1 aliphatic rings. The Hall–Kier alpha value is -2.39. The number of aliphatic carboxylic acids is 1. The molecule has 1 N–H and O–H groups in total. The summed E-state index contributed by atoms with van der Waals surface area (Å²) in [5.74, 6) is -0.914. The molecule has 0 atom stereocenters. The number of amides is 2. The first-order chi connectivity index (χ1) is 12.9. The number of carbonyl (C=O) groups is 3.